The van der Waals surface area contributed by atoms with Gasteiger partial charge in [0, 0.05) is 10.7 Å². The van der Waals surface area contributed by atoms with Crippen molar-refractivity contribution in [1.82, 2.24) is 15.8 Å². The molecule has 0 bridgehead atoms. The lowest BCUT2D eigenvalue weighted by Gasteiger charge is -2.10. The molecule has 1 aromatic heterocycles. The van der Waals surface area contributed by atoms with E-state index in [1.165, 1.54) is 7.11 Å². The molecule has 8 heteroatoms. The number of aromatic nitrogens is 1. The summed E-state index contributed by atoms with van der Waals surface area (Å²) in [5.41, 5.74) is 5.77. The molecule has 3 N–H and O–H groups in total. The highest BCUT2D eigenvalue weighted by Gasteiger charge is 2.11. The number of carbonyl (C=O) groups excluding carboxylic acids is 2. The Balaban J connectivity index is 1.91. The number of hydrogen-bond donors (Lipinski definition) is 3. The maximum atomic E-state index is 11.9. The van der Waals surface area contributed by atoms with Gasteiger partial charge < -0.3 is 14.5 Å². The minimum absolute atomic E-state index is 0.0923. The summed E-state index contributed by atoms with van der Waals surface area (Å²) in [6.45, 7) is 0. The largest absolute Gasteiger partial charge is 0.493 e. The van der Waals surface area contributed by atoms with Crippen molar-refractivity contribution in [2.75, 3.05) is 14.2 Å². The highest BCUT2D eigenvalue weighted by molar-refractivity contribution is 9.10. The number of hydrazine groups is 1. The van der Waals surface area contributed by atoms with E-state index in [0.717, 1.165) is 10.0 Å². The number of benzene rings is 1. The summed E-state index contributed by atoms with van der Waals surface area (Å²) in [6, 6.07) is 6.79. The predicted octanol–water partition coefficient (Wildman–Crippen LogP) is 1.80. The lowest BCUT2D eigenvalue weighted by molar-refractivity contribution is -0.121. The van der Waals surface area contributed by atoms with E-state index in [1.54, 1.807) is 37.6 Å². The number of nitrogens with one attached hydrogen (secondary N) is 3. The smallest absolute Gasteiger partial charge is 0.286 e. The van der Waals surface area contributed by atoms with Crippen molar-refractivity contribution in [3.05, 3.63) is 46.2 Å². The zero-order valence-corrected chi connectivity index (χ0v) is 14.2. The van der Waals surface area contributed by atoms with Crippen LogP contribution in [-0.4, -0.2) is 31.0 Å². The van der Waals surface area contributed by atoms with E-state index in [1.807, 2.05) is 0 Å². The minimum atomic E-state index is -0.434. The highest BCUT2D eigenvalue weighted by Crippen LogP contribution is 2.27. The molecule has 0 radical (unpaired) electrons. The van der Waals surface area contributed by atoms with Crippen LogP contribution in [0.3, 0.4) is 0 Å². The number of rotatable bonds is 5. The molecule has 0 saturated heterocycles. The first-order chi connectivity index (χ1) is 11.0. The monoisotopic (exact) mass is 381 g/mol. The number of halogens is 1. The Kier molecular flexibility index (Phi) is 5.64. The summed E-state index contributed by atoms with van der Waals surface area (Å²) in [5, 5.41) is 0. The SMILES string of the molecule is COc1ccc(CC(=O)NNC(=O)c2cc(Br)c[nH]2)cc1OC. The molecule has 0 aliphatic rings. The van der Waals surface area contributed by atoms with Crippen molar-refractivity contribution in [3.8, 4) is 11.5 Å². The average Bonchev–Trinajstić information content (AvgIpc) is 2.99. The summed E-state index contributed by atoms with van der Waals surface area (Å²) in [6.07, 6.45) is 1.72. The van der Waals surface area contributed by atoms with E-state index in [2.05, 4.69) is 31.8 Å². The minimum Gasteiger partial charge on any atom is -0.493 e. The fourth-order valence-corrected chi connectivity index (χ4v) is 2.26. The first-order valence-corrected chi connectivity index (χ1v) is 7.46. The fraction of sp³-hybridized carbons (Fsp3) is 0.200. The topological polar surface area (TPSA) is 92.5 Å². The lowest BCUT2D eigenvalue weighted by atomic mass is 10.1. The average molecular weight is 382 g/mol. The molecule has 7 nitrogen and oxygen atoms in total. The van der Waals surface area contributed by atoms with Crippen LogP contribution in [0.5, 0.6) is 11.5 Å². The summed E-state index contributed by atoms with van der Waals surface area (Å²) in [4.78, 5) is 26.4. The predicted molar refractivity (Wildman–Crippen MR) is 87.4 cm³/mol. The Labute approximate surface area is 141 Å². The third-order valence-electron chi connectivity index (χ3n) is 3.02. The molecule has 1 aromatic carbocycles. The normalized spacial score (nSPS) is 10.0. The Morgan fingerprint density at radius 2 is 1.87 bits per heavy atom. The first-order valence-electron chi connectivity index (χ1n) is 6.67. The van der Waals surface area contributed by atoms with E-state index in [9.17, 15) is 9.59 Å². The molecule has 0 unspecified atom stereocenters. The molecular weight excluding hydrogens is 366 g/mol. The molecule has 0 saturated carbocycles. The number of methoxy groups -OCH3 is 2. The molecule has 0 fully saturated rings. The Bertz CT molecular complexity index is 714. The van der Waals surface area contributed by atoms with Crippen LogP contribution < -0.4 is 20.3 Å². The number of ether oxygens (including phenoxy) is 2. The van der Waals surface area contributed by atoms with Crippen molar-refractivity contribution < 1.29 is 19.1 Å². The van der Waals surface area contributed by atoms with Gasteiger partial charge in [-0.25, -0.2) is 0 Å². The van der Waals surface area contributed by atoms with Gasteiger partial charge in [-0.3, -0.25) is 20.4 Å². The second-order valence-electron chi connectivity index (χ2n) is 4.60. The van der Waals surface area contributed by atoms with Crippen molar-refractivity contribution in [1.29, 1.82) is 0 Å². The second kappa shape index (κ2) is 7.68. The zero-order chi connectivity index (χ0) is 16.8. The van der Waals surface area contributed by atoms with Gasteiger partial charge in [-0.15, -0.1) is 0 Å². The summed E-state index contributed by atoms with van der Waals surface area (Å²) >= 11 is 3.23. The molecule has 0 spiro atoms. The van der Waals surface area contributed by atoms with Crippen LogP contribution in [0.15, 0.2) is 34.9 Å². The second-order valence-corrected chi connectivity index (χ2v) is 5.52. The van der Waals surface area contributed by atoms with Gasteiger partial charge in [0.2, 0.25) is 5.91 Å². The molecule has 23 heavy (non-hydrogen) atoms. The molecule has 122 valence electrons. The van der Waals surface area contributed by atoms with Gasteiger partial charge >= 0.3 is 0 Å². The summed E-state index contributed by atoms with van der Waals surface area (Å²) < 4.78 is 11.1. The third kappa shape index (κ3) is 4.49. The molecule has 0 atom stereocenters. The molecule has 1 heterocycles. The van der Waals surface area contributed by atoms with Gasteiger partial charge in [0.15, 0.2) is 11.5 Å². The number of H-pyrrole nitrogens is 1. The van der Waals surface area contributed by atoms with Gasteiger partial charge in [-0.1, -0.05) is 6.07 Å². The molecular formula is C15H16BrN3O4. The van der Waals surface area contributed by atoms with E-state index in [0.29, 0.717) is 17.2 Å². The van der Waals surface area contributed by atoms with E-state index < -0.39 is 5.91 Å². The number of aromatic amines is 1. The zero-order valence-electron chi connectivity index (χ0n) is 12.6. The van der Waals surface area contributed by atoms with E-state index in [4.69, 9.17) is 9.47 Å². The van der Waals surface area contributed by atoms with Crippen LogP contribution in [0.1, 0.15) is 16.1 Å². The summed E-state index contributed by atoms with van der Waals surface area (Å²) in [7, 11) is 3.06. The van der Waals surface area contributed by atoms with Gasteiger partial charge in [0.25, 0.3) is 5.91 Å². The summed E-state index contributed by atoms with van der Waals surface area (Å²) in [5.74, 6) is 0.341. The Morgan fingerprint density at radius 1 is 1.13 bits per heavy atom. The van der Waals surface area contributed by atoms with Crippen LogP contribution in [0.25, 0.3) is 0 Å². The number of hydrogen-bond acceptors (Lipinski definition) is 4. The molecule has 2 aromatic rings. The molecule has 0 aliphatic heterocycles. The first kappa shape index (κ1) is 16.9. The lowest BCUT2D eigenvalue weighted by Crippen LogP contribution is -2.42. The van der Waals surface area contributed by atoms with Crippen molar-refractivity contribution in [3.63, 3.8) is 0 Å². The van der Waals surface area contributed by atoms with Gasteiger partial charge in [-0.2, -0.15) is 0 Å². The molecule has 2 amide bonds. The van der Waals surface area contributed by atoms with E-state index >= 15 is 0 Å². The maximum Gasteiger partial charge on any atom is 0.286 e. The van der Waals surface area contributed by atoms with Crippen LogP contribution >= 0.6 is 15.9 Å². The Hall–Kier alpha value is -2.48. The van der Waals surface area contributed by atoms with E-state index in [-0.39, 0.29) is 12.3 Å². The van der Waals surface area contributed by atoms with Crippen molar-refractivity contribution in [2.24, 2.45) is 0 Å². The molecule has 2 rings (SSSR count). The number of amides is 2. The molecule has 0 aliphatic carbocycles. The number of carbonyl (C=O) groups is 2. The highest BCUT2D eigenvalue weighted by atomic mass is 79.9. The fourth-order valence-electron chi connectivity index (χ4n) is 1.91. The van der Waals surface area contributed by atoms with Gasteiger partial charge in [0.1, 0.15) is 5.69 Å². The van der Waals surface area contributed by atoms with Gasteiger partial charge in [0.05, 0.1) is 20.6 Å². The Morgan fingerprint density at radius 3 is 2.48 bits per heavy atom. The maximum absolute atomic E-state index is 11.9. The quantitative estimate of drug-likeness (QED) is 0.688. The van der Waals surface area contributed by atoms with Crippen LogP contribution in [0, 0.1) is 0 Å². The van der Waals surface area contributed by atoms with Crippen molar-refractivity contribution >= 4 is 27.7 Å². The van der Waals surface area contributed by atoms with Crippen molar-refractivity contribution in [2.45, 2.75) is 6.42 Å². The van der Waals surface area contributed by atoms with Crippen LogP contribution in [0.2, 0.25) is 0 Å². The van der Waals surface area contributed by atoms with Crippen LogP contribution in [-0.2, 0) is 11.2 Å². The van der Waals surface area contributed by atoms with Crippen LogP contribution in [0.4, 0.5) is 0 Å². The van der Waals surface area contributed by atoms with Gasteiger partial charge in [-0.05, 0) is 39.7 Å². The third-order valence-corrected chi connectivity index (χ3v) is 3.48. The standard InChI is InChI=1S/C15H16BrN3O4/c1-22-12-4-3-9(5-13(12)23-2)6-14(20)18-19-15(21)11-7-10(16)8-17-11/h3-5,7-8,17H,6H2,1-2H3,(H,18,20)(H,19,21).